The van der Waals surface area contributed by atoms with E-state index in [2.05, 4.69) is 49.0 Å². The molecule has 0 aliphatic rings. The summed E-state index contributed by atoms with van der Waals surface area (Å²) in [5.41, 5.74) is 2.46. The van der Waals surface area contributed by atoms with Crippen molar-refractivity contribution in [3.63, 3.8) is 0 Å². The summed E-state index contributed by atoms with van der Waals surface area (Å²) in [7, 11) is 1.67. The van der Waals surface area contributed by atoms with Gasteiger partial charge in [0.15, 0.2) is 11.5 Å². The molecule has 0 aliphatic heterocycles. The lowest BCUT2D eigenvalue weighted by molar-refractivity contribution is 0.284. The van der Waals surface area contributed by atoms with Crippen molar-refractivity contribution in [3.8, 4) is 11.5 Å². The van der Waals surface area contributed by atoms with E-state index in [0.29, 0.717) is 6.61 Å². The van der Waals surface area contributed by atoms with Crippen LogP contribution in [0.1, 0.15) is 31.9 Å². The highest BCUT2D eigenvalue weighted by Crippen LogP contribution is 2.29. The van der Waals surface area contributed by atoms with Crippen molar-refractivity contribution in [2.75, 3.05) is 7.11 Å². The van der Waals surface area contributed by atoms with Crippen LogP contribution in [0.25, 0.3) is 0 Å². The first-order chi connectivity index (χ1) is 9.98. The third-order valence-corrected chi connectivity index (χ3v) is 3.76. The second kappa shape index (κ2) is 6.96. The number of rotatable bonds is 6. The van der Waals surface area contributed by atoms with Crippen molar-refractivity contribution in [2.24, 2.45) is 0 Å². The van der Waals surface area contributed by atoms with Crippen LogP contribution in [0.15, 0.2) is 35.0 Å². The molecule has 0 spiro atoms. The molecular formula is C17H23NO2S. The van der Waals surface area contributed by atoms with Crippen molar-refractivity contribution in [1.82, 2.24) is 5.32 Å². The highest BCUT2D eigenvalue weighted by molar-refractivity contribution is 7.07. The zero-order valence-electron chi connectivity index (χ0n) is 13.1. The van der Waals surface area contributed by atoms with Crippen molar-refractivity contribution in [1.29, 1.82) is 0 Å². The van der Waals surface area contributed by atoms with Crippen LogP contribution < -0.4 is 14.8 Å². The predicted molar refractivity (Wildman–Crippen MR) is 88.2 cm³/mol. The topological polar surface area (TPSA) is 30.5 Å². The molecule has 114 valence electrons. The molecule has 1 heterocycles. The fourth-order valence-corrected chi connectivity index (χ4v) is 2.50. The molecule has 0 atom stereocenters. The van der Waals surface area contributed by atoms with Crippen LogP contribution in [0.4, 0.5) is 0 Å². The minimum atomic E-state index is 0.0986. The molecule has 1 N–H and O–H groups in total. The van der Waals surface area contributed by atoms with Gasteiger partial charge in [-0.1, -0.05) is 6.07 Å². The Morgan fingerprint density at radius 1 is 1.10 bits per heavy atom. The van der Waals surface area contributed by atoms with E-state index in [4.69, 9.17) is 9.47 Å². The van der Waals surface area contributed by atoms with Gasteiger partial charge in [0.25, 0.3) is 0 Å². The van der Waals surface area contributed by atoms with Gasteiger partial charge in [0.2, 0.25) is 0 Å². The van der Waals surface area contributed by atoms with Crippen LogP contribution in [-0.2, 0) is 13.2 Å². The molecule has 0 bridgehead atoms. The molecule has 2 aromatic rings. The highest BCUT2D eigenvalue weighted by atomic mass is 32.1. The Morgan fingerprint density at radius 2 is 1.90 bits per heavy atom. The van der Waals surface area contributed by atoms with Crippen LogP contribution in [0.2, 0.25) is 0 Å². The number of nitrogens with one attached hydrogen (secondary N) is 1. The third-order valence-electron chi connectivity index (χ3n) is 3.03. The summed E-state index contributed by atoms with van der Waals surface area (Å²) in [6, 6.07) is 8.15. The predicted octanol–water partition coefficient (Wildman–Crippen LogP) is 4.22. The minimum absolute atomic E-state index is 0.0986. The van der Waals surface area contributed by atoms with Gasteiger partial charge in [-0.2, -0.15) is 11.3 Å². The molecule has 0 radical (unpaired) electrons. The zero-order valence-corrected chi connectivity index (χ0v) is 13.9. The number of thiophene rings is 1. The van der Waals surface area contributed by atoms with Gasteiger partial charge in [-0.25, -0.2) is 0 Å². The average molecular weight is 305 g/mol. The molecule has 3 nitrogen and oxygen atoms in total. The first kappa shape index (κ1) is 15.9. The maximum Gasteiger partial charge on any atom is 0.161 e. The number of benzene rings is 1. The molecule has 4 heteroatoms. The summed E-state index contributed by atoms with van der Waals surface area (Å²) < 4.78 is 11.3. The quantitative estimate of drug-likeness (QED) is 0.866. The molecular weight excluding hydrogens is 282 g/mol. The lowest BCUT2D eigenvalue weighted by Crippen LogP contribution is -2.35. The van der Waals surface area contributed by atoms with Gasteiger partial charge in [-0.3, -0.25) is 0 Å². The molecule has 0 aliphatic carbocycles. The van der Waals surface area contributed by atoms with Crippen molar-refractivity contribution in [3.05, 3.63) is 46.2 Å². The number of ether oxygens (including phenoxy) is 2. The molecule has 0 amide bonds. The Bertz CT molecular complexity index is 559. The van der Waals surface area contributed by atoms with Gasteiger partial charge in [0.1, 0.15) is 6.61 Å². The molecule has 0 saturated heterocycles. The van der Waals surface area contributed by atoms with E-state index >= 15 is 0 Å². The largest absolute Gasteiger partial charge is 0.493 e. The number of methoxy groups -OCH3 is 1. The van der Waals surface area contributed by atoms with Crippen LogP contribution in [0.5, 0.6) is 11.5 Å². The standard InChI is InChI=1S/C17H23NO2S/c1-17(2,3)18-10-13-5-6-15(16(9-13)19-4)20-11-14-7-8-21-12-14/h5-9,12,18H,10-11H2,1-4H3. The Kier molecular flexibility index (Phi) is 5.26. The first-order valence-electron chi connectivity index (χ1n) is 7.04. The summed E-state index contributed by atoms with van der Waals surface area (Å²) in [5, 5.41) is 7.61. The normalized spacial score (nSPS) is 11.4. The molecule has 1 aromatic heterocycles. The Morgan fingerprint density at radius 3 is 2.52 bits per heavy atom. The second-order valence-electron chi connectivity index (χ2n) is 6.01. The highest BCUT2D eigenvalue weighted by Gasteiger charge is 2.10. The van der Waals surface area contributed by atoms with Gasteiger partial charge in [0.05, 0.1) is 7.11 Å². The zero-order chi connectivity index (χ0) is 15.3. The van der Waals surface area contributed by atoms with Gasteiger partial charge in [-0.05, 0) is 60.9 Å². The van der Waals surface area contributed by atoms with Gasteiger partial charge in [0, 0.05) is 12.1 Å². The SMILES string of the molecule is COc1cc(CNC(C)(C)C)ccc1OCc1ccsc1. The molecule has 2 rings (SSSR count). The maximum atomic E-state index is 5.83. The summed E-state index contributed by atoms with van der Waals surface area (Å²) in [6.45, 7) is 7.85. The Balaban J connectivity index is 2.02. The van der Waals surface area contributed by atoms with E-state index in [1.165, 1.54) is 11.1 Å². The fourth-order valence-electron chi connectivity index (χ4n) is 1.84. The second-order valence-corrected chi connectivity index (χ2v) is 6.79. The smallest absolute Gasteiger partial charge is 0.161 e. The van der Waals surface area contributed by atoms with E-state index in [1.54, 1.807) is 18.4 Å². The summed E-state index contributed by atoms with van der Waals surface area (Å²) in [4.78, 5) is 0. The van der Waals surface area contributed by atoms with Crippen LogP contribution in [0.3, 0.4) is 0 Å². The lowest BCUT2D eigenvalue weighted by atomic mass is 10.1. The van der Waals surface area contributed by atoms with Gasteiger partial charge >= 0.3 is 0 Å². The fraction of sp³-hybridized carbons (Fsp3) is 0.412. The van der Waals surface area contributed by atoms with Gasteiger partial charge in [-0.15, -0.1) is 0 Å². The summed E-state index contributed by atoms with van der Waals surface area (Å²) in [6.07, 6.45) is 0. The van der Waals surface area contributed by atoms with E-state index in [1.807, 2.05) is 12.1 Å². The number of hydrogen-bond acceptors (Lipinski definition) is 4. The monoisotopic (exact) mass is 305 g/mol. The van der Waals surface area contributed by atoms with Crippen molar-refractivity contribution >= 4 is 11.3 Å². The van der Waals surface area contributed by atoms with Crippen LogP contribution >= 0.6 is 11.3 Å². The Hall–Kier alpha value is -1.52. The Labute approximate surface area is 130 Å². The van der Waals surface area contributed by atoms with E-state index in [9.17, 15) is 0 Å². The maximum absolute atomic E-state index is 5.83. The van der Waals surface area contributed by atoms with Crippen molar-refractivity contribution in [2.45, 2.75) is 39.5 Å². The van der Waals surface area contributed by atoms with Crippen LogP contribution in [0, 0.1) is 0 Å². The van der Waals surface area contributed by atoms with Gasteiger partial charge < -0.3 is 14.8 Å². The lowest BCUT2D eigenvalue weighted by Gasteiger charge is -2.21. The summed E-state index contributed by atoms with van der Waals surface area (Å²) in [5.74, 6) is 1.56. The molecule has 21 heavy (non-hydrogen) atoms. The van der Waals surface area contributed by atoms with E-state index in [-0.39, 0.29) is 5.54 Å². The van der Waals surface area contributed by atoms with E-state index in [0.717, 1.165) is 18.0 Å². The van der Waals surface area contributed by atoms with E-state index < -0.39 is 0 Å². The van der Waals surface area contributed by atoms with Crippen LogP contribution in [-0.4, -0.2) is 12.6 Å². The average Bonchev–Trinajstić information content (AvgIpc) is 2.95. The molecule has 1 aromatic carbocycles. The third kappa shape index (κ3) is 5.06. The summed E-state index contributed by atoms with van der Waals surface area (Å²) >= 11 is 1.68. The molecule has 0 fully saturated rings. The molecule has 0 saturated carbocycles. The minimum Gasteiger partial charge on any atom is -0.493 e. The molecule has 0 unspecified atom stereocenters. The number of hydrogen-bond donors (Lipinski definition) is 1. The van der Waals surface area contributed by atoms with Crippen molar-refractivity contribution < 1.29 is 9.47 Å². The first-order valence-corrected chi connectivity index (χ1v) is 7.98.